The summed E-state index contributed by atoms with van der Waals surface area (Å²) in [7, 11) is 0. The Hall–Kier alpha value is -1.71. The predicted molar refractivity (Wildman–Crippen MR) is 70.4 cm³/mol. The summed E-state index contributed by atoms with van der Waals surface area (Å²) in [6, 6.07) is 3.75. The van der Waals surface area contributed by atoms with Crippen LogP contribution in [0.3, 0.4) is 0 Å². The number of rotatable bonds is 4. The minimum atomic E-state index is -0.522. The van der Waals surface area contributed by atoms with Crippen LogP contribution in [0.25, 0.3) is 0 Å². The first kappa shape index (κ1) is 12.7. The molecule has 0 unspecified atom stereocenters. The van der Waals surface area contributed by atoms with Crippen molar-refractivity contribution in [2.75, 3.05) is 18.5 Å². The van der Waals surface area contributed by atoms with Crippen LogP contribution in [0, 0.1) is 0 Å². The summed E-state index contributed by atoms with van der Waals surface area (Å²) in [4.78, 5) is 11.9. The van der Waals surface area contributed by atoms with Gasteiger partial charge in [0.05, 0.1) is 18.6 Å². The molecular formula is C14H19NO3. The maximum absolute atomic E-state index is 11.9. The first-order valence-corrected chi connectivity index (χ1v) is 6.26. The van der Waals surface area contributed by atoms with Crippen molar-refractivity contribution in [3.8, 4) is 11.5 Å². The molecule has 0 aromatic heterocycles. The molecule has 98 valence electrons. The molecule has 1 heterocycles. The third-order valence-electron chi connectivity index (χ3n) is 3.17. The SMILES string of the molecule is CCOc1cc2c(cc1OCC)C(C)(C)C(=O)N2. The molecule has 0 aliphatic carbocycles. The number of nitrogens with one attached hydrogen (secondary N) is 1. The van der Waals surface area contributed by atoms with Gasteiger partial charge in [-0.3, -0.25) is 4.79 Å². The Morgan fingerprint density at radius 2 is 1.67 bits per heavy atom. The van der Waals surface area contributed by atoms with Gasteiger partial charge in [-0.1, -0.05) is 0 Å². The van der Waals surface area contributed by atoms with Crippen molar-refractivity contribution >= 4 is 11.6 Å². The summed E-state index contributed by atoms with van der Waals surface area (Å²) in [5, 5.41) is 2.88. The molecule has 1 aromatic carbocycles. The monoisotopic (exact) mass is 249 g/mol. The van der Waals surface area contributed by atoms with E-state index in [4.69, 9.17) is 9.47 Å². The lowest BCUT2D eigenvalue weighted by Gasteiger charge is -2.17. The number of ether oxygens (including phenoxy) is 2. The van der Waals surface area contributed by atoms with Gasteiger partial charge in [0.25, 0.3) is 0 Å². The highest BCUT2D eigenvalue weighted by Crippen LogP contribution is 2.43. The molecule has 0 spiro atoms. The summed E-state index contributed by atoms with van der Waals surface area (Å²) in [6.07, 6.45) is 0. The molecular weight excluding hydrogens is 230 g/mol. The number of hydrogen-bond donors (Lipinski definition) is 1. The van der Waals surface area contributed by atoms with Crippen LogP contribution in [0.5, 0.6) is 11.5 Å². The highest BCUT2D eigenvalue weighted by atomic mass is 16.5. The largest absolute Gasteiger partial charge is 0.490 e. The van der Waals surface area contributed by atoms with E-state index in [1.54, 1.807) is 0 Å². The van der Waals surface area contributed by atoms with Crippen LogP contribution >= 0.6 is 0 Å². The van der Waals surface area contributed by atoms with Crippen LogP contribution in [0.2, 0.25) is 0 Å². The molecule has 0 saturated heterocycles. The molecule has 0 bridgehead atoms. The quantitative estimate of drug-likeness (QED) is 0.892. The predicted octanol–water partition coefficient (Wildman–Crippen LogP) is 2.71. The zero-order valence-corrected chi connectivity index (χ0v) is 11.3. The van der Waals surface area contributed by atoms with Crippen LogP contribution in [0.4, 0.5) is 5.69 Å². The minimum absolute atomic E-state index is 0.00796. The number of carbonyl (C=O) groups is 1. The van der Waals surface area contributed by atoms with Crippen LogP contribution in [0.15, 0.2) is 12.1 Å². The van der Waals surface area contributed by atoms with E-state index in [0.29, 0.717) is 24.7 Å². The lowest BCUT2D eigenvalue weighted by molar-refractivity contribution is -0.119. The molecule has 0 atom stereocenters. The lowest BCUT2D eigenvalue weighted by atomic mass is 9.86. The summed E-state index contributed by atoms with van der Waals surface area (Å²) < 4.78 is 11.1. The minimum Gasteiger partial charge on any atom is -0.490 e. The Morgan fingerprint density at radius 3 is 2.22 bits per heavy atom. The van der Waals surface area contributed by atoms with Gasteiger partial charge in [0.15, 0.2) is 11.5 Å². The molecule has 0 fully saturated rings. The van der Waals surface area contributed by atoms with Crippen molar-refractivity contribution in [2.45, 2.75) is 33.1 Å². The van der Waals surface area contributed by atoms with Gasteiger partial charge in [-0.05, 0) is 39.3 Å². The molecule has 1 aliphatic rings. The third kappa shape index (κ3) is 1.92. The molecule has 1 N–H and O–H groups in total. The zero-order chi connectivity index (χ0) is 13.3. The maximum atomic E-state index is 11.9. The molecule has 1 aromatic rings. The maximum Gasteiger partial charge on any atom is 0.234 e. The Labute approximate surface area is 107 Å². The van der Waals surface area contributed by atoms with Crippen molar-refractivity contribution in [3.63, 3.8) is 0 Å². The molecule has 18 heavy (non-hydrogen) atoms. The number of amides is 1. The fourth-order valence-corrected chi connectivity index (χ4v) is 2.12. The summed E-state index contributed by atoms with van der Waals surface area (Å²) in [5.41, 5.74) is 1.25. The van der Waals surface area contributed by atoms with Crippen LogP contribution in [0.1, 0.15) is 33.3 Å². The topological polar surface area (TPSA) is 47.6 Å². The Bertz CT molecular complexity index is 480. The molecule has 1 aliphatic heterocycles. The second-order valence-corrected chi connectivity index (χ2v) is 4.79. The molecule has 0 saturated carbocycles. The fourth-order valence-electron chi connectivity index (χ4n) is 2.12. The standard InChI is InChI=1S/C14H19NO3/c1-5-17-11-7-9-10(8-12(11)18-6-2)15-13(16)14(9,3)4/h7-8H,5-6H2,1-4H3,(H,15,16). The number of benzene rings is 1. The average molecular weight is 249 g/mol. The van der Waals surface area contributed by atoms with Gasteiger partial charge < -0.3 is 14.8 Å². The molecule has 4 nitrogen and oxygen atoms in total. The van der Waals surface area contributed by atoms with Crippen LogP contribution in [-0.2, 0) is 10.2 Å². The summed E-state index contributed by atoms with van der Waals surface area (Å²) >= 11 is 0. The first-order chi connectivity index (χ1) is 8.50. The molecule has 2 rings (SSSR count). The van der Waals surface area contributed by atoms with Gasteiger partial charge in [0.1, 0.15) is 0 Å². The van der Waals surface area contributed by atoms with Gasteiger partial charge >= 0.3 is 0 Å². The number of carbonyl (C=O) groups excluding carboxylic acids is 1. The van der Waals surface area contributed by atoms with Gasteiger partial charge in [0, 0.05) is 11.8 Å². The lowest BCUT2D eigenvalue weighted by Crippen LogP contribution is -2.26. The van der Waals surface area contributed by atoms with E-state index in [9.17, 15) is 4.79 Å². The van der Waals surface area contributed by atoms with E-state index >= 15 is 0 Å². The van der Waals surface area contributed by atoms with Gasteiger partial charge in [-0.25, -0.2) is 0 Å². The Morgan fingerprint density at radius 1 is 1.11 bits per heavy atom. The second-order valence-electron chi connectivity index (χ2n) is 4.79. The van der Waals surface area contributed by atoms with Crippen molar-refractivity contribution in [1.82, 2.24) is 0 Å². The molecule has 4 heteroatoms. The van der Waals surface area contributed by atoms with Crippen molar-refractivity contribution < 1.29 is 14.3 Å². The summed E-state index contributed by atoms with van der Waals surface area (Å²) in [6.45, 7) is 8.80. The van der Waals surface area contributed by atoms with E-state index in [1.807, 2.05) is 39.8 Å². The highest BCUT2D eigenvalue weighted by molar-refractivity contribution is 6.06. The first-order valence-electron chi connectivity index (χ1n) is 6.26. The van der Waals surface area contributed by atoms with Crippen LogP contribution < -0.4 is 14.8 Å². The van der Waals surface area contributed by atoms with Gasteiger partial charge in [-0.15, -0.1) is 0 Å². The zero-order valence-electron chi connectivity index (χ0n) is 11.3. The Balaban J connectivity index is 2.50. The fraction of sp³-hybridized carbons (Fsp3) is 0.500. The number of hydrogen-bond acceptors (Lipinski definition) is 3. The van der Waals surface area contributed by atoms with E-state index in [0.717, 1.165) is 11.3 Å². The molecule has 0 radical (unpaired) electrons. The van der Waals surface area contributed by atoms with E-state index < -0.39 is 5.41 Å². The Kier molecular flexibility index (Phi) is 3.20. The smallest absolute Gasteiger partial charge is 0.234 e. The summed E-state index contributed by atoms with van der Waals surface area (Å²) in [5.74, 6) is 1.38. The van der Waals surface area contributed by atoms with E-state index in [2.05, 4.69) is 5.32 Å². The highest BCUT2D eigenvalue weighted by Gasteiger charge is 2.39. The van der Waals surface area contributed by atoms with Crippen molar-refractivity contribution in [2.24, 2.45) is 0 Å². The second kappa shape index (κ2) is 4.52. The number of anilines is 1. The molecule has 1 amide bonds. The van der Waals surface area contributed by atoms with Gasteiger partial charge in [-0.2, -0.15) is 0 Å². The van der Waals surface area contributed by atoms with E-state index in [-0.39, 0.29) is 5.91 Å². The third-order valence-corrected chi connectivity index (χ3v) is 3.17. The van der Waals surface area contributed by atoms with E-state index in [1.165, 1.54) is 0 Å². The van der Waals surface area contributed by atoms with Crippen molar-refractivity contribution in [3.05, 3.63) is 17.7 Å². The average Bonchev–Trinajstić information content (AvgIpc) is 2.52. The number of fused-ring (bicyclic) bond motifs is 1. The van der Waals surface area contributed by atoms with Gasteiger partial charge in [0.2, 0.25) is 5.91 Å². The van der Waals surface area contributed by atoms with Crippen LogP contribution in [-0.4, -0.2) is 19.1 Å². The van der Waals surface area contributed by atoms with Crippen molar-refractivity contribution in [1.29, 1.82) is 0 Å². The normalized spacial score (nSPS) is 16.1.